The number of carbonyl (C=O) groups excluding carboxylic acids is 2. The summed E-state index contributed by atoms with van der Waals surface area (Å²) in [7, 11) is 0. The molecule has 154 valence electrons. The van der Waals surface area contributed by atoms with Gasteiger partial charge in [0.25, 0.3) is 0 Å². The molecule has 0 spiro atoms. The van der Waals surface area contributed by atoms with Crippen LogP contribution in [0.5, 0.6) is 0 Å². The lowest BCUT2D eigenvalue weighted by Gasteiger charge is -2.35. The van der Waals surface area contributed by atoms with E-state index >= 15 is 0 Å². The Kier molecular flexibility index (Phi) is 5.94. The van der Waals surface area contributed by atoms with E-state index in [-0.39, 0.29) is 17.7 Å². The predicted molar refractivity (Wildman–Crippen MR) is 108 cm³/mol. The maximum Gasteiger partial charge on any atom is 0.228 e. The van der Waals surface area contributed by atoms with E-state index in [1.165, 1.54) is 5.56 Å². The molecular formula is C22H28N4O3. The highest BCUT2D eigenvalue weighted by atomic mass is 16.5. The average Bonchev–Trinajstić information content (AvgIpc) is 3.32. The molecule has 1 aromatic heterocycles. The number of benzene rings is 1. The molecule has 7 nitrogen and oxygen atoms in total. The number of nitrogens with zero attached hydrogens (tertiary/aromatic N) is 4. The van der Waals surface area contributed by atoms with Crippen LogP contribution in [0.15, 0.2) is 40.9 Å². The highest BCUT2D eigenvalue weighted by Gasteiger charge is 2.37. The molecule has 4 rings (SSSR count). The fourth-order valence-corrected chi connectivity index (χ4v) is 4.16. The van der Waals surface area contributed by atoms with Gasteiger partial charge in [-0.1, -0.05) is 35.5 Å². The van der Waals surface area contributed by atoms with Gasteiger partial charge in [-0.15, -0.1) is 0 Å². The number of piperazine rings is 1. The van der Waals surface area contributed by atoms with Crippen LogP contribution in [-0.4, -0.2) is 70.9 Å². The van der Waals surface area contributed by atoms with Gasteiger partial charge in [-0.25, -0.2) is 0 Å². The zero-order valence-corrected chi connectivity index (χ0v) is 16.9. The molecule has 29 heavy (non-hydrogen) atoms. The summed E-state index contributed by atoms with van der Waals surface area (Å²) in [4.78, 5) is 31.4. The molecule has 2 fully saturated rings. The van der Waals surface area contributed by atoms with Crippen LogP contribution in [0.1, 0.15) is 23.4 Å². The van der Waals surface area contributed by atoms with Crippen LogP contribution in [0.25, 0.3) is 0 Å². The molecule has 7 heteroatoms. The number of aromatic nitrogens is 1. The second kappa shape index (κ2) is 8.78. The number of amides is 2. The molecule has 0 radical (unpaired) electrons. The summed E-state index contributed by atoms with van der Waals surface area (Å²) >= 11 is 0. The molecule has 1 aromatic carbocycles. The lowest BCUT2D eigenvalue weighted by molar-refractivity contribution is -0.137. The standard InChI is InChI=1S/C22H28N4O3/c1-17-13-20(29-23-17)16-24-9-11-25(12-10-24)22(28)19-14-21(27)26(15-19)8-7-18-5-3-2-4-6-18/h2-6,13,19H,7-12,14-16H2,1H3. The summed E-state index contributed by atoms with van der Waals surface area (Å²) in [5.41, 5.74) is 2.10. The number of rotatable bonds is 6. The fourth-order valence-electron chi connectivity index (χ4n) is 4.16. The molecule has 2 amide bonds. The first-order chi connectivity index (χ1) is 14.1. The van der Waals surface area contributed by atoms with Crippen molar-refractivity contribution < 1.29 is 14.1 Å². The molecule has 2 aromatic rings. The average molecular weight is 396 g/mol. The van der Waals surface area contributed by atoms with E-state index in [1.807, 2.05) is 41.0 Å². The lowest BCUT2D eigenvalue weighted by Crippen LogP contribution is -2.50. The minimum atomic E-state index is -0.207. The number of likely N-dealkylation sites (tertiary alicyclic amines) is 1. The van der Waals surface area contributed by atoms with E-state index < -0.39 is 0 Å². The molecule has 0 bridgehead atoms. The van der Waals surface area contributed by atoms with Crippen molar-refractivity contribution in [1.82, 2.24) is 19.9 Å². The molecule has 0 aliphatic carbocycles. The van der Waals surface area contributed by atoms with E-state index in [4.69, 9.17) is 4.52 Å². The van der Waals surface area contributed by atoms with Crippen LogP contribution in [0.2, 0.25) is 0 Å². The smallest absolute Gasteiger partial charge is 0.228 e. The van der Waals surface area contributed by atoms with Crippen molar-refractivity contribution in [3.05, 3.63) is 53.4 Å². The normalized spacial score (nSPS) is 20.4. The predicted octanol–water partition coefficient (Wildman–Crippen LogP) is 1.72. The fraction of sp³-hybridized carbons (Fsp3) is 0.500. The molecule has 0 N–H and O–H groups in total. The molecule has 2 aliphatic heterocycles. The van der Waals surface area contributed by atoms with Crippen LogP contribution >= 0.6 is 0 Å². The van der Waals surface area contributed by atoms with Crippen LogP contribution < -0.4 is 0 Å². The Bertz CT molecular complexity index is 843. The zero-order chi connectivity index (χ0) is 20.2. The largest absolute Gasteiger partial charge is 0.360 e. The molecule has 2 aliphatic rings. The van der Waals surface area contributed by atoms with Gasteiger partial charge in [-0.2, -0.15) is 0 Å². The summed E-state index contributed by atoms with van der Waals surface area (Å²) in [5.74, 6) is 0.869. The first kappa shape index (κ1) is 19.6. The summed E-state index contributed by atoms with van der Waals surface area (Å²) in [6.45, 7) is 6.86. The molecular weight excluding hydrogens is 368 g/mol. The minimum Gasteiger partial charge on any atom is -0.360 e. The maximum atomic E-state index is 12.9. The van der Waals surface area contributed by atoms with Gasteiger partial charge in [0, 0.05) is 51.8 Å². The highest BCUT2D eigenvalue weighted by molar-refractivity contribution is 5.89. The minimum absolute atomic E-state index is 0.0959. The number of hydrogen-bond donors (Lipinski definition) is 0. The van der Waals surface area contributed by atoms with E-state index in [0.29, 0.717) is 32.6 Å². The third kappa shape index (κ3) is 4.85. The van der Waals surface area contributed by atoms with E-state index in [1.54, 1.807) is 0 Å². The van der Waals surface area contributed by atoms with Gasteiger partial charge >= 0.3 is 0 Å². The van der Waals surface area contributed by atoms with Gasteiger partial charge in [-0.3, -0.25) is 14.5 Å². The van der Waals surface area contributed by atoms with Crippen molar-refractivity contribution in [1.29, 1.82) is 0 Å². The van der Waals surface area contributed by atoms with Crippen molar-refractivity contribution in [2.75, 3.05) is 39.3 Å². The van der Waals surface area contributed by atoms with Crippen molar-refractivity contribution in [3.8, 4) is 0 Å². The van der Waals surface area contributed by atoms with Crippen LogP contribution in [0.3, 0.4) is 0 Å². The van der Waals surface area contributed by atoms with Crippen LogP contribution in [0, 0.1) is 12.8 Å². The molecule has 1 unspecified atom stereocenters. The van der Waals surface area contributed by atoms with Gasteiger partial charge in [0.1, 0.15) is 0 Å². The number of carbonyl (C=O) groups is 2. The molecule has 3 heterocycles. The molecule has 1 atom stereocenters. The monoisotopic (exact) mass is 396 g/mol. The van der Waals surface area contributed by atoms with Gasteiger partial charge < -0.3 is 14.3 Å². The summed E-state index contributed by atoms with van der Waals surface area (Å²) in [6.07, 6.45) is 1.17. The Morgan fingerprint density at radius 3 is 2.62 bits per heavy atom. The summed E-state index contributed by atoms with van der Waals surface area (Å²) in [6, 6.07) is 12.1. The zero-order valence-electron chi connectivity index (χ0n) is 16.9. The second-order valence-corrected chi connectivity index (χ2v) is 8.01. The third-order valence-corrected chi connectivity index (χ3v) is 5.82. The van der Waals surface area contributed by atoms with Gasteiger partial charge in [0.15, 0.2) is 5.76 Å². The first-order valence-electron chi connectivity index (χ1n) is 10.3. The lowest BCUT2D eigenvalue weighted by atomic mass is 10.1. The van der Waals surface area contributed by atoms with Gasteiger partial charge in [0.2, 0.25) is 11.8 Å². The van der Waals surface area contributed by atoms with Gasteiger partial charge in [0.05, 0.1) is 18.2 Å². The van der Waals surface area contributed by atoms with Crippen molar-refractivity contribution in [3.63, 3.8) is 0 Å². The summed E-state index contributed by atoms with van der Waals surface area (Å²) < 4.78 is 5.29. The Hall–Kier alpha value is -2.67. The summed E-state index contributed by atoms with van der Waals surface area (Å²) in [5, 5.41) is 3.92. The Balaban J connectivity index is 1.24. The maximum absolute atomic E-state index is 12.9. The second-order valence-electron chi connectivity index (χ2n) is 8.01. The quantitative estimate of drug-likeness (QED) is 0.744. The Morgan fingerprint density at radius 2 is 1.93 bits per heavy atom. The van der Waals surface area contributed by atoms with E-state index in [9.17, 15) is 9.59 Å². The Labute approximate surface area is 171 Å². The molecule has 2 saturated heterocycles. The van der Waals surface area contributed by atoms with Crippen molar-refractivity contribution in [2.24, 2.45) is 5.92 Å². The van der Waals surface area contributed by atoms with E-state index in [2.05, 4.69) is 22.2 Å². The van der Waals surface area contributed by atoms with Crippen molar-refractivity contribution >= 4 is 11.8 Å². The topological polar surface area (TPSA) is 69.9 Å². The SMILES string of the molecule is Cc1cc(CN2CCN(C(=O)C3CC(=O)N(CCc4ccccc4)C3)CC2)on1. The van der Waals surface area contributed by atoms with E-state index in [0.717, 1.165) is 37.5 Å². The number of aryl methyl sites for hydroxylation is 1. The third-order valence-electron chi connectivity index (χ3n) is 5.82. The first-order valence-corrected chi connectivity index (χ1v) is 10.3. The van der Waals surface area contributed by atoms with Crippen LogP contribution in [-0.2, 0) is 22.6 Å². The van der Waals surface area contributed by atoms with Gasteiger partial charge in [-0.05, 0) is 18.9 Å². The number of hydrogen-bond acceptors (Lipinski definition) is 5. The van der Waals surface area contributed by atoms with Crippen LogP contribution in [0.4, 0.5) is 0 Å². The van der Waals surface area contributed by atoms with Crippen molar-refractivity contribution in [2.45, 2.75) is 26.3 Å². The Morgan fingerprint density at radius 1 is 1.17 bits per heavy atom. The molecule has 0 saturated carbocycles. The highest BCUT2D eigenvalue weighted by Crippen LogP contribution is 2.22.